The standard InChI is InChI=1S/C9H7ClFNO.C7H3ClFN.C2H4O/c1-12-8-3-2-7(11)6(4-5-13)9(8)10;1-10-7-3-2-5(9)4-6(7)8;1-2-3-1/h2-3,13H,4-5H2;2-4H;1-2H2. The summed E-state index contributed by atoms with van der Waals surface area (Å²) in [7, 11) is 0. The first-order valence-electron chi connectivity index (χ1n) is 7.30. The van der Waals surface area contributed by atoms with Crippen molar-refractivity contribution in [2.75, 3.05) is 19.8 Å². The first kappa shape index (κ1) is 21.8. The highest BCUT2D eigenvalue weighted by molar-refractivity contribution is 6.34. The zero-order valence-electron chi connectivity index (χ0n) is 13.5. The van der Waals surface area contributed by atoms with Crippen LogP contribution in [0.5, 0.6) is 0 Å². The van der Waals surface area contributed by atoms with Gasteiger partial charge in [0.25, 0.3) is 0 Å². The number of rotatable bonds is 2. The average molecular weight is 399 g/mol. The molecule has 0 aromatic heterocycles. The lowest BCUT2D eigenvalue weighted by Crippen LogP contribution is -1.95. The quantitative estimate of drug-likeness (QED) is 0.527. The largest absolute Gasteiger partial charge is 0.396 e. The molecule has 0 unspecified atom stereocenters. The van der Waals surface area contributed by atoms with Gasteiger partial charge in [0, 0.05) is 11.6 Å². The van der Waals surface area contributed by atoms with Crippen molar-refractivity contribution in [1.29, 1.82) is 0 Å². The number of hydrogen-bond acceptors (Lipinski definition) is 2. The maximum atomic E-state index is 13.1. The maximum absolute atomic E-state index is 13.1. The van der Waals surface area contributed by atoms with Gasteiger partial charge in [0.2, 0.25) is 11.4 Å². The molecule has 8 heteroatoms. The number of epoxide rings is 1. The van der Waals surface area contributed by atoms with Gasteiger partial charge in [-0.05, 0) is 30.2 Å². The Hall–Kier alpha value is -2.22. The van der Waals surface area contributed by atoms with E-state index in [1.807, 2.05) is 0 Å². The van der Waals surface area contributed by atoms with Crippen LogP contribution in [0.15, 0.2) is 30.3 Å². The lowest BCUT2D eigenvalue weighted by molar-refractivity contribution is 0.298. The van der Waals surface area contributed by atoms with Crippen LogP contribution in [-0.2, 0) is 11.2 Å². The van der Waals surface area contributed by atoms with Gasteiger partial charge in [-0.1, -0.05) is 35.3 Å². The van der Waals surface area contributed by atoms with Crippen molar-refractivity contribution in [3.8, 4) is 0 Å². The summed E-state index contributed by atoms with van der Waals surface area (Å²) >= 11 is 11.2. The van der Waals surface area contributed by atoms with E-state index in [9.17, 15) is 8.78 Å². The van der Waals surface area contributed by atoms with Crippen LogP contribution in [0.4, 0.5) is 20.2 Å². The summed E-state index contributed by atoms with van der Waals surface area (Å²) in [4.78, 5) is 6.19. The number of benzene rings is 2. The normalized spacial score (nSPS) is 11.0. The predicted molar refractivity (Wildman–Crippen MR) is 97.0 cm³/mol. The second-order valence-corrected chi connectivity index (χ2v) is 5.55. The molecule has 1 saturated heterocycles. The van der Waals surface area contributed by atoms with Crippen molar-refractivity contribution >= 4 is 34.6 Å². The van der Waals surface area contributed by atoms with Crippen molar-refractivity contribution < 1.29 is 18.6 Å². The fourth-order valence-corrected chi connectivity index (χ4v) is 2.08. The number of hydrogen-bond donors (Lipinski definition) is 1. The summed E-state index contributed by atoms with van der Waals surface area (Å²) in [6.07, 6.45) is 0.133. The van der Waals surface area contributed by atoms with Gasteiger partial charge in [-0.15, -0.1) is 0 Å². The van der Waals surface area contributed by atoms with E-state index in [2.05, 4.69) is 14.4 Å². The minimum atomic E-state index is -0.480. The molecular formula is C18H14Cl2F2N2O2. The van der Waals surface area contributed by atoms with Crippen molar-refractivity contribution in [3.05, 3.63) is 80.4 Å². The van der Waals surface area contributed by atoms with Gasteiger partial charge in [-0.3, -0.25) is 0 Å². The van der Waals surface area contributed by atoms with Gasteiger partial charge < -0.3 is 9.84 Å². The molecule has 2 aromatic rings. The Balaban J connectivity index is 0.000000228. The van der Waals surface area contributed by atoms with E-state index >= 15 is 0 Å². The summed E-state index contributed by atoms with van der Waals surface area (Å²) < 4.78 is 29.9. The van der Waals surface area contributed by atoms with E-state index in [0.29, 0.717) is 0 Å². The molecule has 0 spiro atoms. The third-order valence-electron chi connectivity index (χ3n) is 2.88. The first-order chi connectivity index (χ1) is 12.4. The molecule has 1 aliphatic heterocycles. The molecule has 1 fully saturated rings. The van der Waals surface area contributed by atoms with Gasteiger partial charge in [0.15, 0.2) is 0 Å². The minimum Gasteiger partial charge on any atom is -0.396 e. The molecule has 0 saturated carbocycles. The lowest BCUT2D eigenvalue weighted by atomic mass is 10.1. The molecule has 26 heavy (non-hydrogen) atoms. The third kappa shape index (κ3) is 7.35. The number of aliphatic hydroxyl groups is 1. The molecule has 4 nitrogen and oxygen atoms in total. The minimum absolute atomic E-state index is 0.101. The van der Waals surface area contributed by atoms with Gasteiger partial charge >= 0.3 is 0 Å². The van der Waals surface area contributed by atoms with Crippen LogP contribution >= 0.6 is 23.2 Å². The molecule has 0 amide bonds. The van der Waals surface area contributed by atoms with Crippen molar-refractivity contribution in [2.24, 2.45) is 0 Å². The number of aliphatic hydroxyl groups excluding tert-OH is 1. The molecule has 1 aliphatic rings. The summed E-state index contributed by atoms with van der Waals surface area (Å²) in [5.74, 6) is -0.899. The van der Waals surface area contributed by atoms with E-state index in [4.69, 9.17) is 41.5 Å². The second-order valence-electron chi connectivity index (χ2n) is 4.76. The van der Waals surface area contributed by atoms with E-state index in [1.165, 1.54) is 24.3 Å². The molecule has 0 radical (unpaired) electrons. The maximum Gasteiger partial charge on any atom is 0.205 e. The fraction of sp³-hybridized carbons (Fsp3) is 0.222. The van der Waals surface area contributed by atoms with Crippen molar-refractivity contribution in [3.63, 3.8) is 0 Å². The highest BCUT2D eigenvalue weighted by Crippen LogP contribution is 2.30. The van der Waals surface area contributed by atoms with E-state index < -0.39 is 11.6 Å². The first-order valence-corrected chi connectivity index (χ1v) is 8.05. The van der Waals surface area contributed by atoms with Crippen LogP contribution in [0.3, 0.4) is 0 Å². The van der Waals surface area contributed by atoms with Crippen LogP contribution in [0.1, 0.15) is 5.56 Å². The lowest BCUT2D eigenvalue weighted by Gasteiger charge is -2.04. The summed E-state index contributed by atoms with van der Waals surface area (Å²) in [5.41, 5.74) is 0.701. The van der Waals surface area contributed by atoms with Crippen molar-refractivity contribution in [1.82, 2.24) is 0 Å². The SMILES string of the molecule is C1CO1.[C-]#[N+]c1ccc(F)c(CCO)c1Cl.[C-]#[N+]c1ccc(F)cc1Cl. The van der Waals surface area contributed by atoms with Gasteiger partial charge in [0.1, 0.15) is 11.6 Å². The molecule has 136 valence electrons. The molecule has 3 rings (SSSR count). The highest BCUT2D eigenvalue weighted by atomic mass is 35.5. The number of halogens is 4. The Morgan fingerprint density at radius 1 is 1.04 bits per heavy atom. The van der Waals surface area contributed by atoms with E-state index in [-0.39, 0.29) is 40.0 Å². The fourth-order valence-electron chi connectivity index (χ4n) is 1.58. The Morgan fingerprint density at radius 2 is 1.62 bits per heavy atom. The zero-order valence-corrected chi connectivity index (χ0v) is 15.0. The molecule has 0 bridgehead atoms. The zero-order chi connectivity index (χ0) is 19.5. The Morgan fingerprint density at radius 3 is 2.08 bits per heavy atom. The third-order valence-corrected chi connectivity index (χ3v) is 3.61. The van der Waals surface area contributed by atoms with Crippen molar-refractivity contribution in [2.45, 2.75) is 6.42 Å². The number of ether oxygens (including phenoxy) is 1. The Kier molecular flexibility index (Phi) is 9.57. The predicted octanol–water partition coefficient (Wildman–Crippen LogP) is 5.61. The van der Waals surface area contributed by atoms with E-state index in [1.54, 1.807) is 0 Å². The van der Waals surface area contributed by atoms with Gasteiger partial charge in [-0.2, -0.15) is 0 Å². The van der Waals surface area contributed by atoms with Crippen LogP contribution in [0, 0.1) is 24.8 Å². The topological polar surface area (TPSA) is 41.5 Å². The molecular weight excluding hydrogens is 385 g/mol. The smallest absolute Gasteiger partial charge is 0.205 e. The van der Waals surface area contributed by atoms with Gasteiger partial charge in [0.05, 0.1) is 31.4 Å². The molecule has 0 atom stereocenters. The molecule has 2 aromatic carbocycles. The summed E-state index contributed by atoms with van der Waals surface area (Å²) in [6.45, 7) is 15.1. The van der Waals surface area contributed by atoms with Crippen LogP contribution in [0.2, 0.25) is 10.0 Å². The monoisotopic (exact) mass is 398 g/mol. The van der Waals surface area contributed by atoms with Crippen LogP contribution in [-0.4, -0.2) is 24.9 Å². The number of nitrogens with zero attached hydrogens (tertiary/aromatic N) is 2. The molecule has 0 aliphatic carbocycles. The summed E-state index contributed by atoms with van der Waals surface area (Å²) in [6, 6.07) is 6.19. The van der Waals surface area contributed by atoms with Gasteiger partial charge in [-0.25, -0.2) is 18.5 Å². The van der Waals surface area contributed by atoms with E-state index in [0.717, 1.165) is 19.3 Å². The van der Waals surface area contributed by atoms with Crippen LogP contribution < -0.4 is 0 Å². The van der Waals surface area contributed by atoms with Crippen LogP contribution in [0.25, 0.3) is 9.69 Å². The average Bonchev–Trinajstić information content (AvgIpc) is 3.48. The second kappa shape index (κ2) is 11.4. The summed E-state index contributed by atoms with van der Waals surface area (Å²) in [5, 5.41) is 8.89. The molecule has 1 heterocycles. The highest BCUT2D eigenvalue weighted by Gasteiger charge is 2.10. The Labute approximate surface area is 160 Å². The Bertz CT molecular complexity index is 828. The molecule has 1 N–H and O–H groups in total.